The first-order valence-electron chi connectivity index (χ1n) is 7.93. The summed E-state index contributed by atoms with van der Waals surface area (Å²) < 4.78 is 0. The monoisotopic (exact) mass is 327 g/mol. The number of nitrogens with zero attached hydrogens (tertiary/aromatic N) is 3. The Morgan fingerprint density at radius 1 is 1.55 bits per heavy atom. The Morgan fingerprint density at radius 3 is 2.86 bits per heavy atom. The van der Waals surface area contributed by atoms with Crippen molar-refractivity contribution in [1.29, 1.82) is 0 Å². The molecule has 2 aliphatic rings. The van der Waals surface area contributed by atoms with Gasteiger partial charge in [-0.15, -0.1) is 0 Å². The van der Waals surface area contributed by atoms with E-state index in [1.165, 1.54) is 12.2 Å². The fraction of sp³-hybridized carbons (Fsp3) is 0.867. The molecular weight excluding hydrogens is 298 g/mol. The number of likely N-dealkylation sites (N-methyl/N-ethyl adjacent to an activating group) is 2. The lowest BCUT2D eigenvalue weighted by atomic mass is 9.97. The van der Waals surface area contributed by atoms with Gasteiger partial charge in [0.25, 0.3) is 0 Å². The minimum Gasteiger partial charge on any atom is -0.355 e. The van der Waals surface area contributed by atoms with Crippen molar-refractivity contribution >= 4 is 23.6 Å². The molecule has 0 aromatic heterocycles. The van der Waals surface area contributed by atoms with Crippen LogP contribution in [0.25, 0.3) is 0 Å². The minimum absolute atomic E-state index is 0.210. The fourth-order valence-corrected chi connectivity index (χ4v) is 4.57. The zero-order valence-corrected chi connectivity index (χ0v) is 15.0. The molecule has 2 N–H and O–H groups in total. The van der Waals surface area contributed by atoms with Crippen LogP contribution in [0.5, 0.6) is 0 Å². The first kappa shape index (κ1) is 17.4. The maximum Gasteiger partial charge on any atom is 0.222 e. The number of guanidine groups is 1. The molecule has 2 aliphatic heterocycles. The van der Waals surface area contributed by atoms with E-state index in [4.69, 9.17) is 0 Å². The Balaban J connectivity index is 1.86. The first-order valence-corrected chi connectivity index (χ1v) is 9.09. The lowest BCUT2D eigenvalue weighted by Gasteiger charge is -2.37. The van der Waals surface area contributed by atoms with Crippen molar-refractivity contribution in [3.63, 3.8) is 0 Å². The molecule has 2 fully saturated rings. The molecule has 2 unspecified atom stereocenters. The minimum atomic E-state index is 0.210. The van der Waals surface area contributed by atoms with Crippen LogP contribution in [0.1, 0.15) is 19.3 Å². The van der Waals surface area contributed by atoms with Crippen molar-refractivity contribution in [2.75, 3.05) is 52.8 Å². The van der Waals surface area contributed by atoms with Gasteiger partial charge in [-0.1, -0.05) is 0 Å². The van der Waals surface area contributed by atoms with Gasteiger partial charge in [-0.25, -0.2) is 0 Å². The van der Waals surface area contributed by atoms with E-state index in [0.717, 1.165) is 31.2 Å². The highest BCUT2D eigenvalue weighted by Crippen LogP contribution is 2.31. The number of aliphatic imine (C=N–C) groups is 1. The van der Waals surface area contributed by atoms with Gasteiger partial charge < -0.3 is 20.4 Å². The molecule has 0 bridgehead atoms. The highest BCUT2D eigenvalue weighted by Gasteiger charge is 2.36. The van der Waals surface area contributed by atoms with E-state index < -0.39 is 0 Å². The van der Waals surface area contributed by atoms with Crippen LogP contribution in [0, 0.1) is 0 Å². The summed E-state index contributed by atoms with van der Waals surface area (Å²) >= 11 is 2.02. The second-order valence-corrected chi connectivity index (χ2v) is 7.61. The maximum atomic E-state index is 11.6. The summed E-state index contributed by atoms with van der Waals surface area (Å²) in [5.41, 5.74) is 0.210. The van der Waals surface area contributed by atoms with Gasteiger partial charge in [0.05, 0.1) is 0 Å². The zero-order valence-electron chi connectivity index (χ0n) is 14.2. The van der Waals surface area contributed by atoms with E-state index in [1.807, 2.05) is 18.8 Å². The van der Waals surface area contributed by atoms with Gasteiger partial charge in [0.2, 0.25) is 5.91 Å². The van der Waals surface area contributed by atoms with Gasteiger partial charge in [0.15, 0.2) is 5.96 Å². The van der Waals surface area contributed by atoms with Crippen molar-refractivity contribution in [3.05, 3.63) is 0 Å². The Kier molecular flexibility index (Phi) is 5.97. The Labute approximate surface area is 138 Å². The number of hydrogen-bond donors (Lipinski definition) is 2. The number of likely N-dealkylation sites (tertiary alicyclic amines) is 1. The van der Waals surface area contributed by atoms with Crippen molar-refractivity contribution in [2.24, 2.45) is 4.99 Å². The molecule has 0 radical (unpaired) electrons. The van der Waals surface area contributed by atoms with Crippen molar-refractivity contribution in [2.45, 2.75) is 30.8 Å². The normalized spacial score (nSPS) is 30.0. The van der Waals surface area contributed by atoms with Crippen molar-refractivity contribution in [3.8, 4) is 0 Å². The van der Waals surface area contributed by atoms with E-state index in [2.05, 4.69) is 34.6 Å². The summed E-state index contributed by atoms with van der Waals surface area (Å²) in [5.74, 6) is 3.45. The molecule has 7 heteroatoms. The van der Waals surface area contributed by atoms with Crippen LogP contribution >= 0.6 is 11.8 Å². The third-order valence-corrected chi connectivity index (χ3v) is 6.04. The van der Waals surface area contributed by atoms with Gasteiger partial charge >= 0.3 is 0 Å². The summed E-state index contributed by atoms with van der Waals surface area (Å²) in [6.07, 6.45) is 2.69. The van der Waals surface area contributed by atoms with Crippen LogP contribution in [-0.2, 0) is 4.79 Å². The summed E-state index contributed by atoms with van der Waals surface area (Å²) in [6.45, 7) is 1.64. The standard InChI is InChI=1S/C15H29N5OS/c1-16-14(18-12-5-6-13(21)20(4)9-12)17-10-15(19(2)3)7-8-22-11-15/h12H,5-11H2,1-4H3,(H2,16,17,18). The van der Waals surface area contributed by atoms with Gasteiger partial charge in [-0.05, 0) is 32.7 Å². The molecule has 126 valence electrons. The average Bonchev–Trinajstić information content (AvgIpc) is 2.97. The number of amides is 1. The quantitative estimate of drug-likeness (QED) is 0.571. The van der Waals surface area contributed by atoms with Crippen molar-refractivity contribution < 1.29 is 4.79 Å². The summed E-state index contributed by atoms with van der Waals surface area (Å²) in [6, 6.07) is 0.280. The molecule has 2 heterocycles. The predicted octanol–water partition coefficient (Wildman–Crippen LogP) is 0.210. The van der Waals surface area contributed by atoms with E-state index >= 15 is 0 Å². The average molecular weight is 327 g/mol. The first-order chi connectivity index (χ1) is 10.5. The molecule has 0 aromatic carbocycles. The summed E-state index contributed by atoms with van der Waals surface area (Å²) in [4.78, 5) is 20.0. The summed E-state index contributed by atoms with van der Waals surface area (Å²) in [7, 11) is 7.98. The number of carbonyl (C=O) groups excluding carboxylic acids is 1. The Bertz CT molecular complexity index is 420. The lowest BCUT2D eigenvalue weighted by molar-refractivity contribution is -0.132. The highest BCUT2D eigenvalue weighted by molar-refractivity contribution is 7.99. The molecule has 0 aromatic rings. The molecule has 0 spiro atoms. The second-order valence-electron chi connectivity index (χ2n) is 6.50. The van der Waals surface area contributed by atoms with Crippen LogP contribution in [0.3, 0.4) is 0 Å². The van der Waals surface area contributed by atoms with Gasteiger partial charge in [-0.3, -0.25) is 9.79 Å². The zero-order chi connectivity index (χ0) is 16.2. The topological polar surface area (TPSA) is 60.0 Å². The molecule has 2 saturated heterocycles. The maximum absolute atomic E-state index is 11.6. The van der Waals surface area contributed by atoms with Crippen LogP contribution < -0.4 is 10.6 Å². The van der Waals surface area contributed by atoms with E-state index in [1.54, 1.807) is 11.9 Å². The molecule has 22 heavy (non-hydrogen) atoms. The van der Waals surface area contributed by atoms with Crippen LogP contribution in [0.2, 0.25) is 0 Å². The smallest absolute Gasteiger partial charge is 0.222 e. The second kappa shape index (κ2) is 7.55. The molecule has 0 aliphatic carbocycles. The molecule has 2 rings (SSSR count). The predicted molar refractivity (Wildman–Crippen MR) is 93.5 cm³/mol. The molecule has 1 amide bonds. The SMILES string of the molecule is CN=C(NCC1(N(C)C)CCSC1)NC1CCC(=O)N(C)C1. The Hall–Kier alpha value is -0.950. The molecule has 0 saturated carbocycles. The molecule has 6 nitrogen and oxygen atoms in total. The highest BCUT2D eigenvalue weighted by atomic mass is 32.2. The molecular formula is C15H29N5OS. The fourth-order valence-electron chi connectivity index (χ4n) is 3.01. The van der Waals surface area contributed by atoms with E-state index in [9.17, 15) is 4.79 Å². The Morgan fingerprint density at radius 2 is 2.32 bits per heavy atom. The largest absolute Gasteiger partial charge is 0.355 e. The molecule has 2 atom stereocenters. The van der Waals surface area contributed by atoms with E-state index in [0.29, 0.717) is 6.42 Å². The number of hydrogen-bond acceptors (Lipinski definition) is 4. The van der Waals surface area contributed by atoms with Crippen LogP contribution in [-0.4, -0.2) is 86.0 Å². The van der Waals surface area contributed by atoms with Gasteiger partial charge in [0.1, 0.15) is 0 Å². The van der Waals surface area contributed by atoms with Crippen LogP contribution in [0.4, 0.5) is 0 Å². The number of rotatable bonds is 4. The van der Waals surface area contributed by atoms with Crippen LogP contribution in [0.15, 0.2) is 4.99 Å². The van der Waals surface area contributed by atoms with Gasteiger partial charge in [0, 0.05) is 50.9 Å². The number of nitrogens with one attached hydrogen (secondary N) is 2. The van der Waals surface area contributed by atoms with E-state index in [-0.39, 0.29) is 17.5 Å². The van der Waals surface area contributed by atoms with Crippen molar-refractivity contribution in [1.82, 2.24) is 20.4 Å². The third-order valence-electron chi connectivity index (χ3n) is 4.81. The van der Waals surface area contributed by atoms with Gasteiger partial charge in [-0.2, -0.15) is 11.8 Å². The lowest BCUT2D eigenvalue weighted by Crippen LogP contribution is -2.57. The number of carbonyl (C=O) groups is 1. The summed E-state index contributed by atoms with van der Waals surface area (Å²) in [5, 5.41) is 6.94. The number of piperidine rings is 1. The third kappa shape index (κ3) is 4.07. The number of thioether (sulfide) groups is 1.